The molecule has 2 rings (SSSR count). The van der Waals surface area contributed by atoms with Crippen LogP contribution in [-0.2, 0) is 11.3 Å². The summed E-state index contributed by atoms with van der Waals surface area (Å²) < 4.78 is 19.8. The first-order valence-electron chi connectivity index (χ1n) is 9.42. The lowest BCUT2D eigenvalue weighted by molar-refractivity contribution is -0.105. The summed E-state index contributed by atoms with van der Waals surface area (Å²) in [5.41, 5.74) is 1.81. The minimum atomic E-state index is -0.479. The van der Waals surface area contributed by atoms with E-state index < -0.39 is 5.82 Å². The number of hydrogen-bond acceptors (Lipinski definition) is 4. The fourth-order valence-corrected chi connectivity index (χ4v) is 2.63. The second-order valence-electron chi connectivity index (χ2n) is 6.82. The normalized spacial score (nSPS) is 12.0. The van der Waals surface area contributed by atoms with Crippen molar-refractivity contribution in [1.82, 2.24) is 10.2 Å². The number of nitrogens with zero attached hydrogens (tertiary/aromatic N) is 2. The van der Waals surface area contributed by atoms with Crippen molar-refractivity contribution in [1.29, 1.82) is 0 Å². The van der Waals surface area contributed by atoms with Gasteiger partial charge in [-0.3, -0.25) is 4.79 Å². The van der Waals surface area contributed by atoms with E-state index in [0.717, 1.165) is 5.56 Å². The number of guanidine groups is 1. The summed E-state index contributed by atoms with van der Waals surface area (Å²) in [6.07, 6.45) is 1.94. The maximum Gasteiger partial charge on any atom is 0.203 e. The van der Waals surface area contributed by atoms with Gasteiger partial charge in [0.05, 0.1) is 18.0 Å². The van der Waals surface area contributed by atoms with Crippen LogP contribution in [-0.4, -0.2) is 37.3 Å². The highest BCUT2D eigenvalue weighted by Crippen LogP contribution is 2.22. The maximum absolute atomic E-state index is 14.4. The molecule has 2 aromatic rings. The molecule has 0 heterocycles. The van der Waals surface area contributed by atoms with Crippen molar-refractivity contribution >= 4 is 29.5 Å². The number of hydrogen-bond donors (Lipinski definition) is 2. The van der Waals surface area contributed by atoms with Crippen molar-refractivity contribution in [3.05, 3.63) is 70.8 Å². The summed E-state index contributed by atoms with van der Waals surface area (Å²) in [6, 6.07) is 12.0. The van der Waals surface area contributed by atoms with Crippen molar-refractivity contribution in [3.8, 4) is 5.75 Å². The summed E-state index contributed by atoms with van der Waals surface area (Å²) in [7, 11) is 3.46. The first kappa shape index (κ1) is 23.2. The predicted molar refractivity (Wildman–Crippen MR) is 119 cm³/mol. The third-order valence-electron chi connectivity index (χ3n) is 3.99. The van der Waals surface area contributed by atoms with Gasteiger partial charge in [-0.25, -0.2) is 9.38 Å². The average Bonchev–Trinajstić information content (AvgIpc) is 2.71. The van der Waals surface area contributed by atoms with E-state index >= 15 is 0 Å². The lowest BCUT2D eigenvalue weighted by Gasteiger charge is -2.22. The van der Waals surface area contributed by atoms with Gasteiger partial charge < -0.3 is 20.3 Å². The number of aldehydes is 1. The zero-order chi connectivity index (χ0) is 22.1. The van der Waals surface area contributed by atoms with Gasteiger partial charge in [-0.15, -0.1) is 0 Å². The van der Waals surface area contributed by atoms with Gasteiger partial charge in [-0.2, -0.15) is 0 Å². The number of carbonyl (C=O) groups excluding carboxylic acids is 1. The minimum absolute atomic E-state index is 0.130. The van der Waals surface area contributed by atoms with E-state index in [2.05, 4.69) is 15.6 Å². The van der Waals surface area contributed by atoms with Gasteiger partial charge in [0.25, 0.3) is 0 Å². The Balaban J connectivity index is 2.28. The molecule has 0 spiro atoms. The molecule has 0 aliphatic rings. The number of likely N-dealkylation sites (N-methyl/N-ethyl adjacent to an activating group) is 1. The van der Waals surface area contributed by atoms with Gasteiger partial charge in [0.1, 0.15) is 0 Å². The van der Waals surface area contributed by atoms with Gasteiger partial charge in [0.15, 0.2) is 17.9 Å². The largest absolute Gasteiger partial charge is 0.488 e. The summed E-state index contributed by atoms with van der Waals surface area (Å²) in [6.45, 7) is 4.19. The van der Waals surface area contributed by atoms with Crippen LogP contribution in [0.5, 0.6) is 5.75 Å². The quantitative estimate of drug-likeness (QED) is 0.279. The van der Waals surface area contributed by atoms with E-state index in [1.807, 2.05) is 50.1 Å². The van der Waals surface area contributed by atoms with E-state index in [1.165, 1.54) is 12.3 Å². The molecule has 0 saturated heterocycles. The molecular weight excluding hydrogens is 407 g/mol. The molecule has 160 valence electrons. The van der Waals surface area contributed by atoms with Gasteiger partial charge in [-0.1, -0.05) is 23.7 Å². The Kier molecular flexibility index (Phi) is 8.68. The predicted octanol–water partition coefficient (Wildman–Crippen LogP) is 4.43. The standard InChI is InChI=1S/C22H26ClFN4O2/c1-15(2)30-21-10-9-18(11-20(21)24)27-22(26-12-19(14-29)25-3)28(4)13-16-5-7-17(23)8-6-16/h5-12,14-15,25H,13H2,1-4H3,(H,26,27)/b19-12+. The third-order valence-corrected chi connectivity index (χ3v) is 4.24. The van der Waals surface area contributed by atoms with Crippen molar-refractivity contribution in [3.63, 3.8) is 0 Å². The molecule has 0 amide bonds. The SMILES string of the molecule is CN/C(C=O)=C/N=C(Nc1ccc(OC(C)C)c(F)c1)N(C)Cc1ccc(Cl)cc1. The second-order valence-corrected chi connectivity index (χ2v) is 7.26. The molecule has 30 heavy (non-hydrogen) atoms. The maximum atomic E-state index is 14.4. The molecule has 0 fully saturated rings. The number of carbonyl (C=O) groups is 1. The number of aliphatic imine (C=N–C) groups is 1. The Bertz CT molecular complexity index is 914. The summed E-state index contributed by atoms with van der Waals surface area (Å²) >= 11 is 5.95. The zero-order valence-electron chi connectivity index (χ0n) is 17.4. The number of allylic oxidation sites excluding steroid dienone is 1. The Morgan fingerprint density at radius 3 is 2.53 bits per heavy atom. The Morgan fingerprint density at radius 1 is 1.27 bits per heavy atom. The third kappa shape index (κ3) is 7.08. The summed E-state index contributed by atoms with van der Waals surface area (Å²) in [5.74, 6) is 0.131. The number of ether oxygens (including phenoxy) is 1. The Morgan fingerprint density at radius 2 is 1.97 bits per heavy atom. The van der Waals surface area contributed by atoms with Gasteiger partial charge in [0, 0.05) is 37.4 Å². The lowest BCUT2D eigenvalue weighted by Crippen LogP contribution is -2.32. The zero-order valence-corrected chi connectivity index (χ0v) is 18.2. The van der Waals surface area contributed by atoms with Gasteiger partial charge in [-0.05, 0) is 43.7 Å². The van der Waals surface area contributed by atoms with Crippen LogP contribution in [0.3, 0.4) is 0 Å². The van der Waals surface area contributed by atoms with E-state index in [9.17, 15) is 9.18 Å². The fourth-order valence-electron chi connectivity index (χ4n) is 2.51. The van der Waals surface area contributed by atoms with Crippen LogP contribution < -0.4 is 15.4 Å². The van der Waals surface area contributed by atoms with Crippen molar-refractivity contribution in [2.45, 2.75) is 26.5 Å². The van der Waals surface area contributed by atoms with E-state index in [4.69, 9.17) is 16.3 Å². The van der Waals surface area contributed by atoms with Gasteiger partial charge >= 0.3 is 0 Å². The molecule has 6 nitrogen and oxygen atoms in total. The number of rotatable bonds is 8. The van der Waals surface area contributed by atoms with Gasteiger partial charge in [0.2, 0.25) is 5.96 Å². The number of nitrogens with one attached hydrogen (secondary N) is 2. The lowest BCUT2D eigenvalue weighted by atomic mass is 10.2. The average molecular weight is 433 g/mol. The van der Waals surface area contributed by atoms with Crippen LogP contribution in [0.2, 0.25) is 5.02 Å². The molecule has 0 aromatic heterocycles. The van der Waals surface area contributed by atoms with E-state index in [1.54, 1.807) is 19.2 Å². The summed E-state index contributed by atoms with van der Waals surface area (Å²) in [5, 5.41) is 6.50. The van der Waals surface area contributed by atoms with Crippen LogP contribution >= 0.6 is 11.6 Å². The Labute approximate surface area is 181 Å². The first-order valence-corrected chi connectivity index (χ1v) is 9.80. The molecule has 0 bridgehead atoms. The number of benzene rings is 2. The molecule has 0 saturated carbocycles. The van der Waals surface area contributed by atoms with Crippen LogP contribution in [0.25, 0.3) is 0 Å². The molecule has 0 radical (unpaired) electrons. The van der Waals surface area contributed by atoms with Crippen LogP contribution in [0.15, 0.2) is 59.4 Å². The molecule has 0 unspecified atom stereocenters. The van der Waals surface area contributed by atoms with E-state index in [-0.39, 0.29) is 11.9 Å². The highest BCUT2D eigenvalue weighted by molar-refractivity contribution is 6.30. The molecule has 0 aliphatic heterocycles. The number of anilines is 1. The van der Waals surface area contributed by atoms with Crippen molar-refractivity contribution in [2.24, 2.45) is 4.99 Å². The molecular formula is C22H26ClFN4O2. The van der Waals surface area contributed by atoms with Crippen molar-refractivity contribution in [2.75, 3.05) is 19.4 Å². The highest BCUT2D eigenvalue weighted by Gasteiger charge is 2.11. The van der Waals surface area contributed by atoms with Crippen LogP contribution in [0.1, 0.15) is 19.4 Å². The molecule has 2 N–H and O–H groups in total. The summed E-state index contributed by atoms with van der Waals surface area (Å²) in [4.78, 5) is 17.3. The second kappa shape index (κ2) is 11.2. The van der Waals surface area contributed by atoms with Crippen molar-refractivity contribution < 1.29 is 13.9 Å². The van der Waals surface area contributed by atoms with Crippen LogP contribution in [0.4, 0.5) is 10.1 Å². The first-order chi connectivity index (χ1) is 14.3. The van der Waals surface area contributed by atoms with Crippen LogP contribution in [0, 0.1) is 5.82 Å². The monoisotopic (exact) mass is 432 g/mol. The Hall–Kier alpha value is -3.06. The highest BCUT2D eigenvalue weighted by atomic mass is 35.5. The smallest absolute Gasteiger partial charge is 0.203 e. The minimum Gasteiger partial charge on any atom is -0.488 e. The molecule has 0 aliphatic carbocycles. The topological polar surface area (TPSA) is 66.0 Å². The number of halogens is 2. The van der Waals surface area contributed by atoms with E-state index in [0.29, 0.717) is 35.2 Å². The molecule has 2 aromatic carbocycles. The fraction of sp³-hybridized carbons (Fsp3) is 0.273. The molecule has 8 heteroatoms. The molecule has 0 atom stereocenters.